The fourth-order valence-corrected chi connectivity index (χ4v) is 3.25. The number of rotatable bonds is 13. The Balaban J connectivity index is 3.61. The summed E-state index contributed by atoms with van der Waals surface area (Å²) in [7, 11) is -3.31. The third-order valence-electron chi connectivity index (χ3n) is 3.57. The standard InChI is InChI=1S/C16H32O4S/c1-4-5-6-7-8-9-10-11-12-13-14-16(20-15(2)17)21(3,18)19/h16H,4-14H2,1-3H3/t16-/m0/s1. The molecule has 0 aliphatic carbocycles. The van der Waals surface area contributed by atoms with Crippen LogP contribution in [0.25, 0.3) is 0 Å². The van der Waals surface area contributed by atoms with Crippen LogP contribution in [0.3, 0.4) is 0 Å². The summed E-state index contributed by atoms with van der Waals surface area (Å²) in [6.07, 6.45) is 13.5. The monoisotopic (exact) mass is 320 g/mol. The van der Waals surface area contributed by atoms with Gasteiger partial charge in [0.05, 0.1) is 0 Å². The Morgan fingerprint density at radius 3 is 1.71 bits per heavy atom. The maximum atomic E-state index is 11.5. The van der Waals surface area contributed by atoms with E-state index >= 15 is 0 Å². The molecule has 0 aromatic rings. The van der Waals surface area contributed by atoms with E-state index in [4.69, 9.17) is 4.74 Å². The maximum Gasteiger partial charge on any atom is 0.303 e. The molecule has 0 amide bonds. The number of hydrogen-bond acceptors (Lipinski definition) is 4. The highest BCUT2D eigenvalue weighted by Crippen LogP contribution is 2.15. The molecule has 0 aliphatic rings. The zero-order valence-corrected chi connectivity index (χ0v) is 14.7. The van der Waals surface area contributed by atoms with Gasteiger partial charge in [-0.3, -0.25) is 4.79 Å². The van der Waals surface area contributed by atoms with Gasteiger partial charge in [0.2, 0.25) is 5.44 Å². The molecule has 0 saturated heterocycles. The lowest BCUT2D eigenvalue weighted by molar-refractivity contribution is -0.143. The molecule has 0 unspecified atom stereocenters. The number of carbonyl (C=O) groups excluding carboxylic acids is 1. The zero-order chi connectivity index (χ0) is 16.1. The fourth-order valence-electron chi connectivity index (χ4n) is 2.34. The Bertz CT molecular complexity index is 362. The second kappa shape index (κ2) is 12.0. The Morgan fingerprint density at radius 1 is 0.905 bits per heavy atom. The first-order valence-electron chi connectivity index (χ1n) is 8.24. The van der Waals surface area contributed by atoms with Gasteiger partial charge in [-0.25, -0.2) is 8.42 Å². The number of hydrogen-bond donors (Lipinski definition) is 0. The summed E-state index contributed by atoms with van der Waals surface area (Å²) in [4.78, 5) is 10.9. The number of esters is 1. The molecule has 0 bridgehead atoms. The second-order valence-corrected chi connectivity index (χ2v) is 8.02. The van der Waals surface area contributed by atoms with Crippen molar-refractivity contribution in [2.45, 2.75) is 89.9 Å². The van der Waals surface area contributed by atoms with Crippen LogP contribution in [0, 0.1) is 0 Å². The van der Waals surface area contributed by atoms with Crippen molar-refractivity contribution in [3.05, 3.63) is 0 Å². The van der Waals surface area contributed by atoms with Gasteiger partial charge in [-0.2, -0.15) is 0 Å². The minimum atomic E-state index is -3.31. The highest BCUT2D eigenvalue weighted by Gasteiger charge is 2.22. The first kappa shape index (κ1) is 20.4. The minimum Gasteiger partial charge on any atom is -0.446 e. The normalized spacial score (nSPS) is 13.1. The van der Waals surface area contributed by atoms with Gasteiger partial charge in [0.25, 0.3) is 0 Å². The molecule has 0 radical (unpaired) electrons. The molecule has 0 fully saturated rings. The molecular weight excluding hydrogens is 288 g/mol. The maximum absolute atomic E-state index is 11.5. The lowest BCUT2D eigenvalue weighted by Gasteiger charge is -2.14. The van der Waals surface area contributed by atoms with Gasteiger partial charge in [0.15, 0.2) is 9.84 Å². The van der Waals surface area contributed by atoms with Crippen molar-refractivity contribution >= 4 is 15.8 Å². The van der Waals surface area contributed by atoms with E-state index in [0.29, 0.717) is 6.42 Å². The van der Waals surface area contributed by atoms with Crippen LogP contribution in [0.4, 0.5) is 0 Å². The summed E-state index contributed by atoms with van der Waals surface area (Å²) in [5, 5.41) is 0. The molecule has 0 aromatic carbocycles. The molecule has 0 saturated carbocycles. The average Bonchev–Trinajstić information content (AvgIpc) is 2.38. The van der Waals surface area contributed by atoms with Crippen molar-refractivity contribution in [1.29, 1.82) is 0 Å². The van der Waals surface area contributed by atoms with Crippen LogP contribution in [-0.2, 0) is 19.4 Å². The Labute approximate surface area is 130 Å². The van der Waals surface area contributed by atoms with E-state index in [9.17, 15) is 13.2 Å². The number of ether oxygens (including phenoxy) is 1. The van der Waals surface area contributed by atoms with Crippen LogP contribution in [0.5, 0.6) is 0 Å². The molecule has 5 heteroatoms. The van der Waals surface area contributed by atoms with Gasteiger partial charge in [-0.1, -0.05) is 64.7 Å². The number of carbonyl (C=O) groups is 1. The highest BCUT2D eigenvalue weighted by atomic mass is 32.2. The van der Waals surface area contributed by atoms with E-state index in [1.165, 1.54) is 51.9 Å². The van der Waals surface area contributed by atoms with Crippen molar-refractivity contribution in [3.63, 3.8) is 0 Å². The topological polar surface area (TPSA) is 60.4 Å². The number of unbranched alkanes of at least 4 members (excludes halogenated alkanes) is 9. The third-order valence-corrected chi connectivity index (χ3v) is 4.86. The summed E-state index contributed by atoms with van der Waals surface area (Å²) in [5.41, 5.74) is -0.968. The molecule has 126 valence electrons. The fraction of sp³-hybridized carbons (Fsp3) is 0.938. The van der Waals surface area contributed by atoms with Gasteiger partial charge >= 0.3 is 5.97 Å². The predicted molar refractivity (Wildman–Crippen MR) is 86.9 cm³/mol. The third kappa shape index (κ3) is 12.8. The van der Waals surface area contributed by atoms with E-state index in [2.05, 4.69) is 6.92 Å². The molecule has 0 rings (SSSR count). The summed E-state index contributed by atoms with van der Waals surface area (Å²) in [5.74, 6) is -0.530. The van der Waals surface area contributed by atoms with E-state index in [1.54, 1.807) is 0 Å². The van der Waals surface area contributed by atoms with Gasteiger partial charge in [-0.05, 0) is 12.8 Å². The Morgan fingerprint density at radius 2 is 1.33 bits per heavy atom. The molecule has 0 N–H and O–H groups in total. The second-order valence-electron chi connectivity index (χ2n) is 5.84. The largest absolute Gasteiger partial charge is 0.446 e. The van der Waals surface area contributed by atoms with Gasteiger partial charge in [0.1, 0.15) is 0 Å². The van der Waals surface area contributed by atoms with Gasteiger partial charge in [0, 0.05) is 13.2 Å². The van der Waals surface area contributed by atoms with E-state index < -0.39 is 21.2 Å². The van der Waals surface area contributed by atoms with Crippen molar-refractivity contribution in [3.8, 4) is 0 Å². The molecule has 1 atom stereocenters. The first-order chi connectivity index (χ1) is 9.88. The summed E-state index contributed by atoms with van der Waals surface area (Å²) < 4.78 is 27.8. The van der Waals surface area contributed by atoms with E-state index in [0.717, 1.165) is 25.5 Å². The van der Waals surface area contributed by atoms with Gasteiger partial charge in [-0.15, -0.1) is 0 Å². The lowest BCUT2D eigenvalue weighted by Crippen LogP contribution is -2.25. The van der Waals surface area contributed by atoms with Crippen LogP contribution in [0.15, 0.2) is 0 Å². The van der Waals surface area contributed by atoms with Crippen LogP contribution >= 0.6 is 0 Å². The van der Waals surface area contributed by atoms with Crippen molar-refractivity contribution in [1.82, 2.24) is 0 Å². The smallest absolute Gasteiger partial charge is 0.303 e. The predicted octanol–water partition coefficient (Wildman–Crippen LogP) is 4.23. The molecule has 0 aliphatic heterocycles. The molecule has 0 heterocycles. The molecule has 4 nitrogen and oxygen atoms in total. The number of sulfone groups is 1. The molecule has 21 heavy (non-hydrogen) atoms. The van der Waals surface area contributed by atoms with E-state index in [1.807, 2.05) is 0 Å². The van der Waals surface area contributed by atoms with Crippen LogP contribution < -0.4 is 0 Å². The SMILES string of the molecule is CCCCCCCCCCCC[C@@H](OC(C)=O)S(C)(=O)=O. The van der Waals surface area contributed by atoms with Crippen LogP contribution in [-0.4, -0.2) is 26.1 Å². The molecule has 0 spiro atoms. The van der Waals surface area contributed by atoms with Crippen LogP contribution in [0.1, 0.15) is 84.5 Å². The van der Waals surface area contributed by atoms with E-state index in [-0.39, 0.29) is 0 Å². The summed E-state index contributed by atoms with van der Waals surface area (Å²) in [6.45, 7) is 3.47. The first-order valence-corrected chi connectivity index (χ1v) is 10.2. The Kier molecular flexibility index (Phi) is 11.7. The molecular formula is C16H32O4S. The quantitative estimate of drug-likeness (QED) is 0.376. The van der Waals surface area contributed by atoms with Crippen molar-refractivity contribution < 1.29 is 17.9 Å². The molecule has 0 aromatic heterocycles. The summed E-state index contributed by atoms with van der Waals surface area (Å²) in [6, 6.07) is 0. The van der Waals surface area contributed by atoms with Crippen molar-refractivity contribution in [2.24, 2.45) is 0 Å². The van der Waals surface area contributed by atoms with Crippen LogP contribution in [0.2, 0.25) is 0 Å². The minimum absolute atomic E-state index is 0.412. The Hall–Kier alpha value is -0.580. The van der Waals surface area contributed by atoms with Gasteiger partial charge < -0.3 is 4.74 Å². The zero-order valence-electron chi connectivity index (χ0n) is 13.9. The average molecular weight is 320 g/mol. The van der Waals surface area contributed by atoms with Crippen molar-refractivity contribution in [2.75, 3.05) is 6.26 Å². The summed E-state index contributed by atoms with van der Waals surface area (Å²) >= 11 is 0. The highest BCUT2D eigenvalue weighted by molar-refractivity contribution is 7.91. The lowest BCUT2D eigenvalue weighted by atomic mass is 10.1.